The Bertz CT molecular complexity index is 528. The predicted molar refractivity (Wildman–Crippen MR) is 77.3 cm³/mol. The molecule has 0 spiro atoms. The number of hydrogen-bond acceptors (Lipinski definition) is 0. The van der Waals surface area contributed by atoms with Crippen molar-refractivity contribution in [3.8, 4) is 11.1 Å². The Hall–Kier alpha value is -0.130. The maximum atomic E-state index is 13.5. The zero-order chi connectivity index (χ0) is 11.7. The van der Waals surface area contributed by atoms with E-state index in [0.29, 0.717) is 8.04 Å². The summed E-state index contributed by atoms with van der Waals surface area (Å²) < 4.78 is 14.6. The van der Waals surface area contributed by atoms with Crippen molar-refractivity contribution < 1.29 is 4.39 Å². The lowest BCUT2D eigenvalue weighted by Crippen LogP contribution is -1.89. The Labute approximate surface area is 120 Å². The number of rotatable bonds is 1. The van der Waals surface area contributed by atoms with Crippen molar-refractivity contribution in [2.24, 2.45) is 0 Å². The van der Waals surface area contributed by atoms with Gasteiger partial charge in [0.15, 0.2) is 5.82 Å². The normalized spacial score (nSPS) is 10.5. The fraction of sp³-hybridized carbons (Fsp3) is 0. The summed E-state index contributed by atoms with van der Waals surface area (Å²) in [6.07, 6.45) is 0. The smallest absolute Gasteiger partial charge is 0.156 e. The Kier molecular flexibility index (Phi) is 3.87. The Morgan fingerprint density at radius 1 is 1.19 bits per heavy atom. The number of benzene rings is 2. The average Bonchev–Trinajstić information content (AvgIpc) is 2.32. The van der Waals surface area contributed by atoms with Crippen LogP contribution in [0.3, 0.4) is 0 Å². The third kappa shape index (κ3) is 2.26. The lowest BCUT2D eigenvalue weighted by molar-refractivity contribution is 0.620. The molecular formula is C12H6BrClFI. The highest BCUT2D eigenvalue weighted by Crippen LogP contribution is 2.37. The van der Waals surface area contributed by atoms with Gasteiger partial charge in [0.1, 0.15) is 0 Å². The van der Waals surface area contributed by atoms with Gasteiger partial charge in [0, 0.05) is 4.47 Å². The average molecular weight is 411 g/mol. The van der Waals surface area contributed by atoms with Crippen molar-refractivity contribution in [2.45, 2.75) is 0 Å². The molecule has 0 heterocycles. The van der Waals surface area contributed by atoms with Gasteiger partial charge in [-0.1, -0.05) is 41.9 Å². The van der Waals surface area contributed by atoms with E-state index in [4.69, 9.17) is 11.6 Å². The van der Waals surface area contributed by atoms with E-state index in [0.717, 1.165) is 11.1 Å². The molecule has 0 nitrogen and oxygen atoms in total. The highest BCUT2D eigenvalue weighted by Gasteiger charge is 2.14. The van der Waals surface area contributed by atoms with E-state index in [1.807, 2.05) is 52.9 Å². The van der Waals surface area contributed by atoms with Crippen LogP contribution in [0.4, 0.5) is 4.39 Å². The zero-order valence-corrected chi connectivity index (χ0v) is 12.5. The van der Waals surface area contributed by atoms with Crippen LogP contribution < -0.4 is 0 Å². The van der Waals surface area contributed by atoms with Crippen molar-refractivity contribution in [3.05, 3.63) is 55.3 Å². The van der Waals surface area contributed by atoms with Gasteiger partial charge in [0.05, 0.1) is 8.59 Å². The molecule has 2 aromatic carbocycles. The molecule has 0 aliphatic carbocycles. The summed E-state index contributed by atoms with van der Waals surface area (Å²) in [5, 5.41) is 0.130. The first-order valence-corrected chi connectivity index (χ1v) is 6.74. The van der Waals surface area contributed by atoms with Crippen molar-refractivity contribution in [3.63, 3.8) is 0 Å². The van der Waals surface area contributed by atoms with Gasteiger partial charge in [0.2, 0.25) is 0 Å². The molecule has 0 aromatic heterocycles. The molecule has 82 valence electrons. The monoisotopic (exact) mass is 410 g/mol. The summed E-state index contributed by atoms with van der Waals surface area (Å²) in [5.74, 6) is -0.381. The maximum absolute atomic E-state index is 13.5. The van der Waals surface area contributed by atoms with Crippen molar-refractivity contribution in [2.75, 3.05) is 0 Å². The molecule has 4 heteroatoms. The van der Waals surface area contributed by atoms with Gasteiger partial charge in [-0.05, 0) is 55.7 Å². The van der Waals surface area contributed by atoms with Gasteiger partial charge in [-0.15, -0.1) is 0 Å². The Morgan fingerprint density at radius 2 is 1.81 bits per heavy atom. The summed E-state index contributed by atoms with van der Waals surface area (Å²) in [5.41, 5.74) is 1.91. The number of hydrogen-bond donors (Lipinski definition) is 0. The molecule has 16 heavy (non-hydrogen) atoms. The second-order valence-electron chi connectivity index (χ2n) is 3.21. The van der Waals surface area contributed by atoms with Crippen LogP contribution in [0.2, 0.25) is 5.02 Å². The molecule has 0 saturated heterocycles. The third-order valence-corrected chi connectivity index (χ3v) is 4.38. The fourth-order valence-electron chi connectivity index (χ4n) is 1.40. The molecular weight excluding hydrogens is 405 g/mol. The van der Waals surface area contributed by atoms with E-state index in [9.17, 15) is 4.39 Å². The second kappa shape index (κ2) is 5.02. The molecule has 0 unspecified atom stereocenters. The zero-order valence-electron chi connectivity index (χ0n) is 7.98. The molecule has 0 bridgehead atoms. The fourth-order valence-corrected chi connectivity index (χ4v) is 2.86. The lowest BCUT2D eigenvalue weighted by Gasteiger charge is -2.08. The summed E-state index contributed by atoms with van der Waals surface area (Å²) in [4.78, 5) is 0. The van der Waals surface area contributed by atoms with Crippen LogP contribution in [0, 0.1) is 9.39 Å². The van der Waals surface area contributed by atoms with Gasteiger partial charge in [-0.2, -0.15) is 0 Å². The summed E-state index contributed by atoms with van der Waals surface area (Å²) >= 11 is 11.2. The molecule has 0 N–H and O–H groups in total. The van der Waals surface area contributed by atoms with Crippen LogP contribution in [0.5, 0.6) is 0 Å². The minimum Gasteiger partial charge on any atom is -0.204 e. The topological polar surface area (TPSA) is 0 Å². The van der Waals surface area contributed by atoms with Gasteiger partial charge in [0.25, 0.3) is 0 Å². The quantitative estimate of drug-likeness (QED) is 0.330. The summed E-state index contributed by atoms with van der Waals surface area (Å²) in [6, 6.07) is 11.5. The molecule has 0 aliphatic rings. The van der Waals surface area contributed by atoms with Crippen LogP contribution >= 0.6 is 50.1 Å². The molecule has 0 saturated carbocycles. The van der Waals surface area contributed by atoms with Gasteiger partial charge < -0.3 is 0 Å². The van der Waals surface area contributed by atoms with E-state index in [-0.39, 0.29) is 10.8 Å². The second-order valence-corrected chi connectivity index (χ2v) is 5.55. The Morgan fingerprint density at radius 3 is 2.44 bits per heavy atom. The van der Waals surface area contributed by atoms with Crippen molar-refractivity contribution in [1.82, 2.24) is 0 Å². The number of halogens is 4. The van der Waals surface area contributed by atoms with Gasteiger partial charge in [-0.3, -0.25) is 0 Å². The predicted octanol–water partition coefficient (Wildman–Crippen LogP) is 5.51. The molecule has 2 rings (SSSR count). The first kappa shape index (κ1) is 12.3. The first-order chi connectivity index (χ1) is 7.61. The molecule has 0 amide bonds. The SMILES string of the molecule is Fc1c(I)cc(-c2ccccc2)c(Br)c1Cl. The van der Waals surface area contributed by atoms with Crippen molar-refractivity contribution >= 4 is 50.1 Å². The van der Waals surface area contributed by atoms with E-state index >= 15 is 0 Å². The van der Waals surface area contributed by atoms with Crippen LogP contribution in [-0.2, 0) is 0 Å². The third-order valence-electron chi connectivity index (χ3n) is 2.19. The molecule has 0 aliphatic heterocycles. The van der Waals surface area contributed by atoms with E-state index < -0.39 is 0 Å². The highest BCUT2D eigenvalue weighted by molar-refractivity contribution is 14.1. The van der Waals surface area contributed by atoms with E-state index in [2.05, 4.69) is 15.9 Å². The highest BCUT2D eigenvalue weighted by atomic mass is 127. The largest absolute Gasteiger partial charge is 0.204 e. The van der Waals surface area contributed by atoms with Gasteiger partial charge in [-0.25, -0.2) is 4.39 Å². The van der Waals surface area contributed by atoms with Crippen LogP contribution in [-0.4, -0.2) is 0 Å². The van der Waals surface area contributed by atoms with Crippen LogP contribution in [0.15, 0.2) is 40.9 Å². The van der Waals surface area contributed by atoms with Crippen molar-refractivity contribution in [1.29, 1.82) is 0 Å². The van der Waals surface area contributed by atoms with Crippen LogP contribution in [0.25, 0.3) is 11.1 Å². The Balaban J connectivity index is 2.68. The first-order valence-electron chi connectivity index (χ1n) is 4.49. The van der Waals surface area contributed by atoms with E-state index in [1.165, 1.54) is 0 Å². The lowest BCUT2D eigenvalue weighted by atomic mass is 10.1. The van der Waals surface area contributed by atoms with E-state index in [1.54, 1.807) is 6.07 Å². The maximum Gasteiger partial charge on any atom is 0.156 e. The minimum atomic E-state index is -0.381. The molecule has 0 radical (unpaired) electrons. The van der Waals surface area contributed by atoms with Gasteiger partial charge >= 0.3 is 0 Å². The minimum absolute atomic E-state index is 0.130. The standard InChI is InChI=1S/C12H6BrClFI/c13-10-8(7-4-2-1-3-5-7)6-9(16)12(15)11(10)14/h1-6H. The molecule has 0 fully saturated rings. The van der Waals surface area contributed by atoms with Crippen LogP contribution in [0.1, 0.15) is 0 Å². The summed E-state index contributed by atoms with van der Waals surface area (Å²) in [7, 11) is 0. The summed E-state index contributed by atoms with van der Waals surface area (Å²) in [6.45, 7) is 0. The molecule has 0 atom stereocenters. The molecule has 2 aromatic rings.